The summed E-state index contributed by atoms with van der Waals surface area (Å²) in [6.45, 7) is 6.87. The summed E-state index contributed by atoms with van der Waals surface area (Å²) >= 11 is 0. The van der Waals surface area contributed by atoms with Crippen LogP contribution in [0, 0.1) is 0 Å². The van der Waals surface area contributed by atoms with Crippen molar-refractivity contribution in [1.29, 1.82) is 0 Å². The summed E-state index contributed by atoms with van der Waals surface area (Å²) in [6, 6.07) is -0.855. The van der Waals surface area contributed by atoms with Crippen molar-refractivity contribution < 1.29 is 37.3 Å². The van der Waals surface area contributed by atoms with Gasteiger partial charge in [-0.1, -0.05) is 230 Å². The molecule has 0 radical (unpaired) electrons. The zero-order valence-electron chi connectivity index (χ0n) is 46.5. The molecule has 0 aromatic carbocycles. The summed E-state index contributed by atoms with van der Waals surface area (Å²) in [7, 11) is 1.48. The minimum Gasteiger partial charge on any atom is -0.456 e. The molecule has 10 heteroatoms. The van der Waals surface area contributed by atoms with Gasteiger partial charge in [-0.25, -0.2) is 4.57 Å². The SMILES string of the molecule is CC/C=C/C=C/C=C/CCCCCCCCCC(=O)OC(/C=C/CCCCCCCCCCCC)C(COP(=O)(O)OCC[N+](C)(C)C)NC(=O)CCCCCCCCC/C=C/CCCCCCCC. The van der Waals surface area contributed by atoms with E-state index in [0.717, 1.165) is 89.9 Å². The molecule has 0 aliphatic carbocycles. The summed E-state index contributed by atoms with van der Waals surface area (Å²) < 4.78 is 30.6. The number of carbonyl (C=O) groups is 2. The molecule has 70 heavy (non-hydrogen) atoms. The molecule has 0 aromatic heterocycles. The molecular weight excluding hydrogens is 892 g/mol. The number of likely N-dealkylation sites (N-methyl/N-ethyl adjacent to an activating group) is 1. The third-order valence-corrected chi connectivity index (χ3v) is 13.7. The van der Waals surface area contributed by atoms with Crippen LogP contribution in [0.1, 0.15) is 258 Å². The van der Waals surface area contributed by atoms with Gasteiger partial charge in [-0.15, -0.1) is 0 Å². The number of allylic oxidation sites excluding steroid dienone is 9. The minimum atomic E-state index is -4.45. The number of phosphoric acid groups is 1. The van der Waals surface area contributed by atoms with E-state index in [0.29, 0.717) is 17.4 Å². The van der Waals surface area contributed by atoms with E-state index in [2.05, 4.69) is 74.7 Å². The molecule has 0 saturated carbocycles. The second kappa shape index (κ2) is 50.3. The van der Waals surface area contributed by atoms with E-state index in [9.17, 15) is 19.0 Å². The highest BCUT2D eigenvalue weighted by Crippen LogP contribution is 2.43. The van der Waals surface area contributed by atoms with E-state index in [1.807, 2.05) is 33.3 Å². The molecule has 0 aromatic rings. The Balaban J connectivity index is 5.34. The fraction of sp³-hybridized carbons (Fsp3) is 0.800. The number of nitrogens with zero attached hydrogens (tertiary/aromatic N) is 1. The molecule has 408 valence electrons. The first-order valence-electron chi connectivity index (χ1n) is 29.1. The molecule has 0 aliphatic rings. The second-order valence-electron chi connectivity index (χ2n) is 20.8. The van der Waals surface area contributed by atoms with Crippen molar-refractivity contribution in [2.45, 2.75) is 270 Å². The van der Waals surface area contributed by atoms with Crippen LogP contribution in [0.15, 0.2) is 60.8 Å². The van der Waals surface area contributed by atoms with Crippen molar-refractivity contribution in [1.82, 2.24) is 5.32 Å². The van der Waals surface area contributed by atoms with Crippen molar-refractivity contribution >= 4 is 19.7 Å². The summed E-state index contributed by atoms with van der Waals surface area (Å²) in [5.74, 6) is -0.522. The van der Waals surface area contributed by atoms with Crippen LogP contribution in [0.3, 0.4) is 0 Å². The second-order valence-corrected chi connectivity index (χ2v) is 22.3. The fourth-order valence-electron chi connectivity index (χ4n) is 8.23. The number of amides is 1. The van der Waals surface area contributed by atoms with Crippen LogP contribution in [-0.2, 0) is 27.9 Å². The molecule has 9 nitrogen and oxygen atoms in total. The van der Waals surface area contributed by atoms with Crippen LogP contribution in [0.5, 0.6) is 0 Å². The van der Waals surface area contributed by atoms with E-state index in [1.54, 1.807) is 0 Å². The third-order valence-electron chi connectivity index (χ3n) is 12.8. The minimum absolute atomic E-state index is 0.0361. The molecule has 0 bridgehead atoms. The molecular formula is C60H112N2O7P+. The van der Waals surface area contributed by atoms with Crippen molar-refractivity contribution in [3.05, 3.63) is 60.8 Å². The van der Waals surface area contributed by atoms with Gasteiger partial charge in [-0.2, -0.15) is 0 Å². The van der Waals surface area contributed by atoms with Gasteiger partial charge in [-0.05, 0) is 76.7 Å². The maximum atomic E-state index is 13.5. The Morgan fingerprint density at radius 2 is 0.929 bits per heavy atom. The number of ether oxygens (including phenoxy) is 1. The predicted octanol–water partition coefficient (Wildman–Crippen LogP) is 17.5. The van der Waals surface area contributed by atoms with Crippen molar-refractivity contribution in [2.75, 3.05) is 40.9 Å². The Hall–Kier alpha value is -2.29. The molecule has 0 saturated heterocycles. The maximum Gasteiger partial charge on any atom is 0.472 e. The summed E-state index contributed by atoms with van der Waals surface area (Å²) in [6.07, 6.45) is 62.1. The lowest BCUT2D eigenvalue weighted by atomic mass is 10.0. The van der Waals surface area contributed by atoms with Crippen LogP contribution in [0.4, 0.5) is 0 Å². The number of hydrogen-bond donors (Lipinski definition) is 2. The lowest BCUT2D eigenvalue weighted by molar-refractivity contribution is -0.870. The Morgan fingerprint density at radius 1 is 0.514 bits per heavy atom. The van der Waals surface area contributed by atoms with E-state index in [4.69, 9.17) is 13.8 Å². The first-order chi connectivity index (χ1) is 33.9. The van der Waals surface area contributed by atoms with E-state index >= 15 is 0 Å². The monoisotopic (exact) mass is 1000 g/mol. The highest BCUT2D eigenvalue weighted by Gasteiger charge is 2.30. The van der Waals surface area contributed by atoms with Gasteiger partial charge in [0.15, 0.2) is 0 Å². The van der Waals surface area contributed by atoms with Gasteiger partial charge in [0.05, 0.1) is 33.8 Å². The number of rotatable bonds is 52. The van der Waals surface area contributed by atoms with Crippen LogP contribution in [-0.4, -0.2) is 74.3 Å². The Labute approximate surface area is 432 Å². The van der Waals surface area contributed by atoms with Gasteiger partial charge in [0, 0.05) is 12.8 Å². The van der Waals surface area contributed by atoms with Gasteiger partial charge in [0.2, 0.25) is 5.91 Å². The summed E-state index contributed by atoms with van der Waals surface area (Å²) in [4.78, 5) is 37.6. The number of nitrogens with one attached hydrogen (secondary N) is 1. The van der Waals surface area contributed by atoms with Gasteiger partial charge in [-0.3, -0.25) is 18.6 Å². The number of carbonyl (C=O) groups excluding carboxylic acids is 2. The van der Waals surface area contributed by atoms with Crippen LogP contribution in [0.2, 0.25) is 0 Å². The lowest BCUT2D eigenvalue weighted by Gasteiger charge is -2.27. The number of esters is 1. The lowest BCUT2D eigenvalue weighted by Crippen LogP contribution is -2.47. The maximum absolute atomic E-state index is 13.5. The van der Waals surface area contributed by atoms with Crippen LogP contribution >= 0.6 is 7.82 Å². The Bertz CT molecular complexity index is 1390. The molecule has 3 unspecified atom stereocenters. The van der Waals surface area contributed by atoms with Crippen molar-refractivity contribution in [2.24, 2.45) is 0 Å². The number of quaternary nitrogens is 1. The average Bonchev–Trinajstić information content (AvgIpc) is 3.32. The largest absolute Gasteiger partial charge is 0.472 e. The van der Waals surface area contributed by atoms with Crippen molar-refractivity contribution in [3.63, 3.8) is 0 Å². The first-order valence-corrected chi connectivity index (χ1v) is 30.6. The zero-order chi connectivity index (χ0) is 51.5. The number of hydrogen-bond acceptors (Lipinski definition) is 6. The fourth-order valence-corrected chi connectivity index (χ4v) is 8.96. The van der Waals surface area contributed by atoms with Crippen LogP contribution in [0.25, 0.3) is 0 Å². The van der Waals surface area contributed by atoms with E-state index in [1.165, 1.54) is 135 Å². The molecule has 0 fully saturated rings. The molecule has 0 spiro atoms. The predicted molar refractivity (Wildman–Crippen MR) is 300 cm³/mol. The first kappa shape index (κ1) is 67.7. The van der Waals surface area contributed by atoms with Gasteiger partial charge >= 0.3 is 13.8 Å². The van der Waals surface area contributed by atoms with Crippen LogP contribution < -0.4 is 5.32 Å². The number of unbranched alkanes of at least 4 members (excludes halogenated alkanes) is 30. The smallest absolute Gasteiger partial charge is 0.456 e. The average molecular weight is 1000 g/mol. The molecule has 0 heterocycles. The van der Waals surface area contributed by atoms with Gasteiger partial charge in [0.1, 0.15) is 19.3 Å². The quantitative estimate of drug-likeness (QED) is 0.0156. The molecule has 2 N–H and O–H groups in total. The molecule has 1 amide bonds. The standard InChI is InChI=1S/C60H111N2O7P/c1-7-10-13-16-19-22-25-28-30-31-33-34-37-40-43-46-49-52-59(63)61-57(56-68-70(65,66)67-55-54-62(4,5)6)58(51-48-45-42-39-36-27-24-21-18-15-12-9-3)69-60(64)53-50-47-44-41-38-35-32-29-26-23-20-17-14-11-8-2/h11,14,17,20,23,26,28,30,48,51,57-58H,7-10,12-13,15-16,18-19,21-22,24-25,27,29,31-47,49-50,52-56H2,1-6H3,(H-,61,63,65,66)/p+1/b14-11+,20-17+,26-23+,30-28+,51-48+. The number of phosphoric ester groups is 1. The summed E-state index contributed by atoms with van der Waals surface area (Å²) in [5, 5.41) is 3.05. The highest BCUT2D eigenvalue weighted by molar-refractivity contribution is 7.47. The topological polar surface area (TPSA) is 111 Å². The summed E-state index contributed by atoms with van der Waals surface area (Å²) in [5.41, 5.74) is 0. The normalized spacial score (nSPS) is 14.2. The third kappa shape index (κ3) is 50.6. The molecule has 0 rings (SSSR count). The zero-order valence-corrected chi connectivity index (χ0v) is 47.4. The Morgan fingerprint density at radius 3 is 1.40 bits per heavy atom. The van der Waals surface area contributed by atoms with Gasteiger partial charge in [0.25, 0.3) is 0 Å². The van der Waals surface area contributed by atoms with Gasteiger partial charge < -0.3 is 19.4 Å². The highest BCUT2D eigenvalue weighted by atomic mass is 31.2. The Kier molecular flexibility index (Phi) is 48.6. The molecule has 3 atom stereocenters. The van der Waals surface area contributed by atoms with E-state index in [-0.39, 0.29) is 31.5 Å². The molecule has 0 aliphatic heterocycles. The van der Waals surface area contributed by atoms with Crippen molar-refractivity contribution in [3.8, 4) is 0 Å². The van der Waals surface area contributed by atoms with E-state index < -0.39 is 20.0 Å².